The quantitative estimate of drug-likeness (QED) is 0.498. The number of fused-ring (bicyclic) bond motifs is 1. The molecule has 0 amide bonds. The number of H-pyrrole nitrogens is 2. The van der Waals surface area contributed by atoms with Crippen LogP contribution >= 0.6 is 0 Å². The zero-order valence-corrected chi connectivity index (χ0v) is 9.14. The van der Waals surface area contributed by atoms with Gasteiger partial charge in [0, 0.05) is 5.56 Å². The van der Waals surface area contributed by atoms with Gasteiger partial charge in [-0.15, -0.1) is 0 Å². The number of aromatic hydroxyl groups is 1. The smallest absolute Gasteiger partial charge is 0.326 e. The summed E-state index contributed by atoms with van der Waals surface area (Å²) < 4.78 is 0. The van der Waals surface area contributed by atoms with Crippen molar-refractivity contribution in [2.75, 3.05) is 5.73 Å². The molecular formula is C11H9N5O2. The van der Waals surface area contributed by atoms with Crippen LogP contribution in [0.15, 0.2) is 29.1 Å². The Morgan fingerprint density at radius 1 is 1.06 bits per heavy atom. The summed E-state index contributed by atoms with van der Waals surface area (Å²) in [6.45, 7) is 0. The Kier molecular flexibility index (Phi) is 2.06. The Bertz CT molecular complexity index is 772. The molecule has 0 aliphatic heterocycles. The average molecular weight is 243 g/mol. The van der Waals surface area contributed by atoms with E-state index in [-0.39, 0.29) is 17.3 Å². The third kappa shape index (κ3) is 1.58. The molecule has 0 radical (unpaired) electrons. The highest BCUT2D eigenvalue weighted by molar-refractivity contribution is 5.78. The summed E-state index contributed by atoms with van der Waals surface area (Å²) in [7, 11) is 0. The van der Waals surface area contributed by atoms with Crippen LogP contribution in [0.25, 0.3) is 22.6 Å². The van der Waals surface area contributed by atoms with Crippen LogP contribution in [0.4, 0.5) is 5.82 Å². The van der Waals surface area contributed by atoms with Crippen molar-refractivity contribution in [2.45, 2.75) is 0 Å². The number of imidazole rings is 1. The molecule has 0 fully saturated rings. The molecule has 0 aliphatic rings. The number of anilines is 1. The van der Waals surface area contributed by atoms with Gasteiger partial charge in [0.05, 0.1) is 0 Å². The van der Waals surface area contributed by atoms with Gasteiger partial charge in [-0.05, 0) is 24.3 Å². The van der Waals surface area contributed by atoms with Crippen LogP contribution in [0.5, 0.6) is 5.75 Å². The summed E-state index contributed by atoms with van der Waals surface area (Å²) in [5.41, 5.74) is 7.24. The zero-order valence-electron chi connectivity index (χ0n) is 9.14. The van der Waals surface area contributed by atoms with Crippen molar-refractivity contribution >= 4 is 17.1 Å². The maximum absolute atomic E-state index is 11.1. The van der Waals surface area contributed by atoms with E-state index in [0.29, 0.717) is 22.6 Å². The Hall–Kier alpha value is -2.83. The predicted molar refractivity (Wildman–Crippen MR) is 66.0 cm³/mol. The van der Waals surface area contributed by atoms with Gasteiger partial charge in [-0.1, -0.05) is 0 Å². The molecule has 0 spiro atoms. The van der Waals surface area contributed by atoms with E-state index in [2.05, 4.69) is 19.9 Å². The number of nitrogens with zero attached hydrogens (tertiary/aromatic N) is 2. The van der Waals surface area contributed by atoms with Gasteiger partial charge in [0.15, 0.2) is 17.1 Å². The number of phenolic OH excluding ortho intramolecular Hbond substituents is 1. The standard InChI is InChI=1S/C11H9N5O2/c12-8-7(5-1-3-6(17)4-2-5)13-9-10(14-8)16-11(18)15-9/h1-4,17H,(H4,12,13,14,15,16,18). The third-order valence-electron chi connectivity index (χ3n) is 2.53. The minimum Gasteiger partial charge on any atom is -0.508 e. The summed E-state index contributed by atoms with van der Waals surface area (Å²) in [6.07, 6.45) is 0. The molecular weight excluding hydrogens is 234 g/mol. The fraction of sp³-hybridized carbons (Fsp3) is 0. The maximum atomic E-state index is 11.1. The molecule has 0 unspecified atom stereocenters. The molecule has 2 aromatic heterocycles. The predicted octanol–water partition coefficient (Wildman–Crippen LogP) is 0.601. The molecule has 0 atom stereocenters. The number of nitrogens with one attached hydrogen (secondary N) is 2. The van der Waals surface area contributed by atoms with Crippen LogP contribution in [0.1, 0.15) is 0 Å². The van der Waals surface area contributed by atoms with Gasteiger partial charge in [0.25, 0.3) is 0 Å². The molecule has 7 heteroatoms. The summed E-state index contributed by atoms with van der Waals surface area (Å²) in [5, 5.41) is 9.23. The molecule has 90 valence electrons. The highest BCUT2D eigenvalue weighted by atomic mass is 16.3. The van der Waals surface area contributed by atoms with Gasteiger partial charge in [-0.2, -0.15) is 0 Å². The van der Waals surface area contributed by atoms with Crippen LogP contribution in [0, 0.1) is 0 Å². The molecule has 0 aliphatic carbocycles. The molecule has 0 saturated carbocycles. The van der Waals surface area contributed by atoms with E-state index in [1.165, 1.54) is 12.1 Å². The minimum absolute atomic E-state index is 0.154. The van der Waals surface area contributed by atoms with Crippen molar-refractivity contribution in [1.29, 1.82) is 0 Å². The Labute approximate surface area is 100 Å². The lowest BCUT2D eigenvalue weighted by Gasteiger charge is -2.03. The molecule has 0 bridgehead atoms. The van der Waals surface area contributed by atoms with E-state index in [0.717, 1.165) is 0 Å². The first-order valence-corrected chi connectivity index (χ1v) is 5.18. The van der Waals surface area contributed by atoms with Gasteiger partial charge < -0.3 is 10.8 Å². The lowest BCUT2D eigenvalue weighted by Crippen LogP contribution is -1.99. The van der Waals surface area contributed by atoms with Gasteiger partial charge in [0.1, 0.15) is 11.4 Å². The zero-order chi connectivity index (χ0) is 12.7. The fourth-order valence-electron chi connectivity index (χ4n) is 1.70. The monoisotopic (exact) mass is 243 g/mol. The topological polar surface area (TPSA) is 121 Å². The SMILES string of the molecule is Nc1nc2[nH]c(=O)[nH]c2nc1-c1ccc(O)cc1. The fourth-order valence-corrected chi connectivity index (χ4v) is 1.70. The molecule has 7 nitrogen and oxygen atoms in total. The summed E-state index contributed by atoms with van der Waals surface area (Å²) in [6, 6.07) is 6.40. The number of benzene rings is 1. The molecule has 3 rings (SSSR count). The second kappa shape index (κ2) is 3.59. The van der Waals surface area contributed by atoms with Gasteiger partial charge in [0.2, 0.25) is 0 Å². The normalized spacial score (nSPS) is 10.9. The van der Waals surface area contributed by atoms with Crippen molar-refractivity contribution in [3.05, 3.63) is 34.7 Å². The van der Waals surface area contributed by atoms with E-state index in [1.54, 1.807) is 12.1 Å². The number of hydrogen-bond donors (Lipinski definition) is 4. The van der Waals surface area contributed by atoms with Crippen LogP contribution < -0.4 is 11.4 Å². The number of nitrogen functional groups attached to an aromatic ring is 1. The van der Waals surface area contributed by atoms with Crippen LogP contribution in [-0.4, -0.2) is 25.0 Å². The number of aromatic nitrogens is 4. The van der Waals surface area contributed by atoms with Gasteiger partial charge in [-0.25, -0.2) is 14.8 Å². The second-order valence-corrected chi connectivity index (χ2v) is 3.78. The molecule has 2 heterocycles. The lowest BCUT2D eigenvalue weighted by atomic mass is 10.1. The largest absolute Gasteiger partial charge is 0.508 e. The number of rotatable bonds is 1. The van der Waals surface area contributed by atoms with Crippen molar-refractivity contribution in [2.24, 2.45) is 0 Å². The van der Waals surface area contributed by atoms with Gasteiger partial charge >= 0.3 is 5.69 Å². The molecule has 3 aromatic rings. The van der Waals surface area contributed by atoms with Gasteiger partial charge in [-0.3, -0.25) is 9.97 Å². The molecule has 5 N–H and O–H groups in total. The molecule has 18 heavy (non-hydrogen) atoms. The van der Waals surface area contributed by atoms with Crippen molar-refractivity contribution < 1.29 is 5.11 Å². The van der Waals surface area contributed by atoms with Crippen LogP contribution in [-0.2, 0) is 0 Å². The number of nitrogens with two attached hydrogens (primary N) is 1. The highest BCUT2D eigenvalue weighted by Crippen LogP contribution is 2.24. The lowest BCUT2D eigenvalue weighted by molar-refractivity contribution is 0.475. The van der Waals surface area contributed by atoms with E-state index in [4.69, 9.17) is 5.73 Å². The first-order valence-electron chi connectivity index (χ1n) is 5.18. The number of aromatic amines is 2. The Morgan fingerprint density at radius 3 is 2.33 bits per heavy atom. The summed E-state index contributed by atoms with van der Waals surface area (Å²) >= 11 is 0. The van der Waals surface area contributed by atoms with E-state index >= 15 is 0 Å². The highest BCUT2D eigenvalue weighted by Gasteiger charge is 2.10. The second-order valence-electron chi connectivity index (χ2n) is 3.78. The first kappa shape index (κ1) is 10.3. The average Bonchev–Trinajstić information content (AvgIpc) is 2.68. The first-order chi connectivity index (χ1) is 8.63. The number of hydrogen-bond acceptors (Lipinski definition) is 5. The molecule has 1 aromatic carbocycles. The maximum Gasteiger partial charge on any atom is 0.326 e. The minimum atomic E-state index is -0.382. The number of phenols is 1. The van der Waals surface area contributed by atoms with Crippen molar-refractivity contribution in [3.8, 4) is 17.0 Å². The van der Waals surface area contributed by atoms with Crippen LogP contribution in [0.2, 0.25) is 0 Å². The van der Waals surface area contributed by atoms with E-state index in [1.807, 2.05) is 0 Å². The summed E-state index contributed by atoms with van der Waals surface area (Å²) in [5.74, 6) is 0.366. The third-order valence-corrected chi connectivity index (χ3v) is 2.53. The van der Waals surface area contributed by atoms with Crippen molar-refractivity contribution in [3.63, 3.8) is 0 Å². The van der Waals surface area contributed by atoms with E-state index < -0.39 is 0 Å². The summed E-state index contributed by atoms with van der Waals surface area (Å²) in [4.78, 5) is 24.4. The Balaban J connectivity index is 2.24. The van der Waals surface area contributed by atoms with Crippen LogP contribution in [0.3, 0.4) is 0 Å². The molecule has 0 saturated heterocycles. The van der Waals surface area contributed by atoms with Crippen molar-refractivity contribution in [1.82, 2.24) is 19.9 Å². The Morgan fingerprint density at radius 2 is 1.67 bits per heavy atom. The van der Waals surface area contributed by atoms with E-state index in [9.17, 15) is 9.90 Å².